The molecule has 0 aromatic heterocycles. The molecule has 0 amide bonds. The average Bonchev–Trinajstić information content (AvgIpc) is 2.47. The third-order valence-electron chi connectivity index (χ3n) is 3.16. The van der Waals surface area contributed by atoms with Crippen LogP contribution in [0.3, 0.4) is 0 Å². The van der Waals surface area contributed by atoms with Crippen LogP contribution in [0.25, 0.3) is 0 Å². The first kappa shape index (κ1) is 16.4. The SMILES string of the molecule is O=[N+]([O-])c1ccc(Cl)cc1CNCC(O)c1ccccc1F. The van der Waals surface area contributed by atoms with Gasteiger partial charge in [0.2, 0.25) is 0 Å². The molecule has 2 N–H and O–H groups in total. The molecule has 0 saturated carbocycles. The number of benzene rings is 2. The highest BCUT2D eigenvalue weighted by molar-refractivity contribution is 6.30. The minimum atomic E-state index is -1.04. The Hall–Kier alpha value is -2.02. The van der Waals surface area contributed by atoms with Gasteiger partial charge in [0.25, 0.3) is 5.69 Å². The summed E-state index contributed by atoms with van der Waals surface area (Å²) in [5.41, 5.74) is 0.520. The summed E-state index contributed by atoms with van der Waals surface area (Å²) in [6, 6.07) is 10.2. The van der Waals surface area contributed by atoms with Crippen molar-refractivity contribution in [1.82, 2.24) is 5.32 Å². The average molecular weight is 325 g/mol. The first-order valence-corrected chi connectivity index (χ1v) is 6.93. The summed E-state index contributed by atoms with van der Waals surface area (Å²) in [5.74, 6) is -0.495. The minimum absolute atomic E-state index is 0.0581. The van der Waals surface area contributed by atoms with Crippen LogP contribution < -0.4 is 5.32 Å². The molecule has 1 unspecified atom stereocenters. The van der Waals surface area contributed by atoms with Gasteiger partial charge in [0, 0.05) is 35.3 Å². The Morgan fingerprint density at radius 3 is 2.73 bits per heavy atom. The molecular weight excluding hydrogens is 311 g/mol. The lowest BCUT2D eigenvalue weighted by atomic mass is 10.1. The molecule has 116 valence electrons. The van der Waals surface area contributed by atoms with Gasteiger partial charge in [-0.25, -0.2) is 4.39 Å². The first-order chi connectivity index (χ1) is 10.5. The molecule has 0 aliphatic rings. The molecule has 0 aliphatic carbocycles. The van der Waals surface area contributed by atoms with E-state index in [1.807, 2.05) is 0 Å². The van der Waals surface area contributed by atoms with Crippen LogP contribution in [0, 0.1) is 15.9 Å². The van der Waals surface area contributed by atoms with Crippen LogP contribution >= 0.6 is 11.6 Å². The molecule has 0 bridgehead atoms. The van der Waals surface area contributed by atoms with E-state index in [9.17, 15) is 19.6 Å². The Morgan fingerprint density at radius 1 is 1.32 bits per heavy atom. The summed E-state index contributed by atoms with van der Waals surface area (Å²) in [5, 5.41) is 24.1. The zero-order valence-electron chi connectivity index (χ0n) is 11.5. The monoisotopic (exact) mass is 324 g/mol. The third-order valence-corrected chi connectivity index (χ3v) is 3.39. The molecule has 0 saturated heterocycles. The summed E-state index contributed by atoms with van der Waals surface area (Å²) < 4.78 is 13.5. The smallest absolute Gasteiger partial charge is 0.273 e. The van der Waals surface area contributed by atoms with Crippen molar-refractivity contribution in [1.29, 1.82) is 0 Å². The van der Waals surface area contributed by atoms with E-state index in [0.717, 1.165) is 0 Å². The molecule has 0 fully saturated rings. The largest absolute Gasteiger partial charge is 0.387 e. The van der Waals surface area contributed by atoms with Crippen LogP contribution in [-0.4, -0.2) is 16.6 Å². The second-order valence-corrected chi connectivity index (χ2v) is 5.13. The van der Waals surface area contributed by atoms with Crippen molar-refractivity contribution in [2.75, 3.05) is 6.54 Å². The van der Waals surface area contributed by atoms with Gasteiger partial charge in [0.1, 0.15) is 5.82 Å². The second-order valence-electron chi connectivity index (χ2n) is 4.70. The predicted octanol–water partition coefficient (Wildman–Crippen LogP) is 3.21. The van der Waals surface area contributed by atoms with E-state index in [2.05, 4.69) is 5.32 Å². The standard InChI is InChI=1S/C15H14ClFN2O3/c16-11-5-6-14(19(21)22)10(7-11)8-18-9-15(20)12-3-1-2-4-13(12)17/h1-7,15,18,20H,8-9H2. The van der Waals surface area contributed by atoms with E-state index < -0.39 is 16.8 Å². The quantitative estimate of drug-likeness (QED) is 0.632. The Morgan fingerprint density at radius 2 is 2.05 bits per heavy atom. The molecule has 7 heteroatoms. The maximum Gasteiger partial charge on any atom is 0.273 e. The van der Waals surface area contributed by atoms with Crippen molar-refractivity contribution < 1.29 is 14.4 Å². The van der Waals surface area contributed by atoms with Gasteiger partial charge in [0.05, 0.1) is 11.0 Å². The fraction of sp³-hybridized carbons (Fsp3) is 0.200. The normalized spacial score (nSPS) is 12.1. The minimum Gasteiger partial charge on any atom is -0.387 e. The zero-order valence-corrected chi connectivity index (χ0v) is 12.3. The van der Waals surface area contributed by atoms with E-state index in [0.29, 0.717) is 10.6 Å². The Balaban J connectivity index is 2.01. The first-order valence-electron chi connectivity index (χ1n) is 6.55. The number of hydrogen-bond acceptors (Lipinski definition) is 4. The maximum atomic E-state index is 13.5. The van der Waals surface area contributed by atoms with E-state index in [-0.39, 0.29) is 24.3 Å². The van der Waals surface area contributed by atoms with Crippen molar-refractivity contribution >= 4 is 17.3 Å². The number of nitrogens with zero attached hydrogens (tertiary/aromatic N) is 1. The van der Waals surface area contributed by atoms with Crippen LogP contribution in [0.15, 0.2) is 42.5 Å². The van der Waals surface area contributed by atoms with Gasteiger partial charge < -0.3 is 10.4 Å². The van der Waals surface area contributed by atoms with Gasteiger partial charge in [-0.15, -0.1) is 0 Å². The van der Waals surface area contributed by atoms with E-state index in [4.69, 9.17) is 11.6 Å². The van der Waals surface area contributed by atoms with Crippen molar-refractivity contribution in [3.63, 3.8) is 0 Å². The summed E-state index contributed by atoms with van der Waals surface area (Å²) in [4.78, 5) is 10.4. The zero-order chi connectivity index (χ0) is 16.1. The number of nitrogens with one attached hydrogen (secondary N) is 1. The van der Waals surface area contributed by atoms with Gasteiger partial charge in [-0.1, -0.05) is 29.8 Å². The lowest BCUT2D eigenvalue weighted by Gasteiger charge is -2.13. The number of halogens is 2. The number of nitro groups is 1. The highest BCUT2D eigenvalue weighted by atomic mass is 35.5. The highest BCUT2D eigenvalue weighted by Gasteiger charge is 2.15. The number of hydrogen-bond donors (Lipinski definition) is 2. The van der Waals surface area contributed by atoms with Gasteiger partial charge in [-0.3, -0.25) is 10.1 Å². The Labute approximate surface area is 131 Å². The van der Waals surface area contributed by atoms with Crippen LogP contribution in [0.4, 0.5) is 10.1 Å². The number of aliphatic hydroxyl groups excluding tert-OH is 1. The van der Waals surface area contributed by atoms with Crippen molar-refractivity contribution in [3.8, 4) is 0 Å². The Bertz CT molecular complexity index is 682. The van der Waals surface area contributed by atoms with Crippen molar-refractivity contribution in [2.24, 2.45) is 0 Å². The summed E-state index contributed by atoms with van der Waals surface area (Å²) in [7, 11) is 0. The topological polar surface area (TPSA) is 75.4 Å². The van der Waals surface area contributed by atoms with E-state index >= 15 is 0 Å². The van der Waals surface area contributed by atoms with Crippen LogP contribution in [-0.2, 0) is 6.54 Å². The molecule has 0 radical (unpaired) electrons. The molecule has 0 aliphatic heterocycles. The van der Waals surface area contributed by atoms with Gasteiger partial charge in [0.15, 0.2) is 0 Å². The van der Waals surface area contributed by atoms with Crippen LogP contribution in [0.2, 0.25) is 5.02 Å². The fourth-order valence-corrected chi connectivity index (χ4v) is 2.27. The van der Waals surface area contributed by atoms with Gasteiger partial charge in [-0.05, 0) is 18.2 Å². The van der Waals surface area contributed by atoms with Gasteiger partial charge >= 0.3 is 0 Å². The van der Waals surface area contributed by atoms with Crippen LogP contribution in [0.1, 0.15) is 17.2 Å². The molecule has 0 heterocycles. The van der Waals surface area contributed by atoms with Crippen molar-refractivity contribution in [2.45, 2.75) is 12.6 Å². The van der Waals surface area contributed by atoms with Gasteiger partial charge in [-0.2, -0.15) is 0 Å². The third kappa shape index (κ3) is 4.00. The summed E-state index contributed by atoms with van der Waals surface area (Å²) in [6.45, 7) is 0.201. The lowest BCUT2D eigenvalue weighted by molar-refractivity contribution is -0.385. The number of rotatable bonds is 6. The number of aliphatic hydroxyl groups is 1. The summed E-state index contributed by atoms with van der Waals surface area (Å²) >= 11 is 5.83. The molecule has 2 rings (SSSR count). The molecule has 22 heavy (non-hydrogen) atoms. The van der Waals surface area contributed by atoms with Crippen LogP contribution in [0.5, 0.6) is 0 Å². The summed E-state index contributed by atoms with van der Waals surface area (Å²) in [6.07, 6.45) is -1.04. The molecule has 2 aromatic rings. The molecule has 2 aromatic carbocycles. The lowest BCUT2D eigenvalue weighted by Crippen LogP contribution is -2.22. The maximum absolute atomic E-state index is 13.5. The highest BCUT2D eigenvalue weighted by Crippen LogP contribution is 2.23. The molecule has 5 nitrogen and oxygen atoms in total. The van der Waals surface area contributed by atoms with E-state index in [1.165, 1.54) is 36.4 Å². The van der Waals surface area contributed by atoms with Crippen molar-refractivity contribution in [3.05, 3.63) is 74.5 Å². The fourth-order valence-electron chi connectivity index (χ4n) is 2.07. The predicted molar refractivity (Wildman–Crippen MR) is 81.2 cm³/mol. The second kappa shape index (κ2) is 7.31. The van der Waals surface area contributed by atoms with E-state index in [1.54, 1.807) is 6.07 Å². The molecule has 0 spiro atoms. The Kier molecular flexibility index (Phi) is 5.43. The molecular formula is C15H14ClFN2O3. The molecule has 1 atom stereocenters. The number of nitro benzene ring substituents is 1.